The smallest absolute Gasteiger partial charge is 0.277 e. The summed E-state index contributed by atoms with van der Waals surface area (Å²) in [4.78, 5) is 20.3. The van der Waals surface area contributed by atoms with E-state index in [1.54, 1.807) is 10.9 Å². The zero-order valence-electron chi connectivity index (χ0n) is 13.4. The lowest BCUT2D eigenvalue weighted by molar-refractivity contribution is -0.141. The minimum absolute atomic E-state index is 0.0713. The van der Waals surface area contributed by atoms with Crippen LogP contribution in [0.15, 0.2) is 35.4 Å². The summed E-state index contributed by atoms with van der Waals surface area (Å²) in [5.41, 5.74) is 2.11. The van der Waals surface area contributed by atoms with Crippen molar-refractivity contribution in [3.63, 3.8) is 0 Å². The van der Waals surface area contributed by atoms with E-state index in [0.29, 0.717) is 37.2 Å². The molecule has 122 valence electrons. The van der Waals surface area contributed by atoms with Gasteiger partial charge in [0.1, 0.15) is 11.0 Å². The topological polar surface area (TPSA) is 69.1 Å². The average Bonchev–Trinajstić information content (AvgIpc) is 2.94. The minimum Gasteiger partial charge on any atom is -0.353 e. The summed E-state index contributed by atoms with van der Waals surface area (Å²) < 4.78 is 12.6. The third-order valence-corrected chi connectivity index (χ3v) is 3.79. The molecule has 1 aromatic carbocycles. The molecule has 0 spiro atoms. The molecule has 0 atom stereocenters. The standard InChI is InChI=1S/C17H21N3O3/c1-3-22-14(23-4-2)9-10-20-11-18-15-12-7-5-6-8-13(12)19-16(15)17(20)21/h5-8,11,14,19H,3-4,9-10H2,1-2H3. The zero-order chi connectivity index (χ0) is 16.2. The Bertz CT molecular complexity index is 847. The Morgan fingerprint density at radius 1 is 1.22 bits per heavy atom. The van der Waals surface area contributed by atoms with Gasteiger partial charge in [0.05, 0.1) is 6.33 Å². The van der Waals surface area contributed by atoms with E-state index < -0.39 is 0 Å². The number of aryl methyl sites for hydroxylation is 1. The molecule has 6 nitrogen and oxygen atoms in total. The van der Waals surface area contributed by atoms with E-state index >= 15 is 0 Å². The monoisotopic (exact) mass is 315 g/mol. The van der Waals surface area contributed by atoms with Crippen molar-refractivity contribution in [3.05, 3.63) is 40.9 Å². The molecule has 2 aromatic heterocycles. The van der Waals surface area contributed by atoms with Crippen LogP contribution < -0.4 is 5.56 Å². The highest BCUT2D eigenvalue weighted by atomic mass is 16.7. The van der Waals surface area contributed by atoms with Gasteiger partial charge in [0.2, 0.25) is 0 Å². The number of H-pyrrole nitrogens is 1. The van der Waals surface area contributed by atoms with Gasteiger partial charge < -0.3 is 14.5 Å². The van der Waals surface area contributed by atoms with Gasteiger partial charge in [-0.05, 0) is 19.9 Å². The van der Waals surface area contributed by atoms with Crippen LogP contribution in [-0.4, -0.2) is 34.0 Å². The molecule has 3 rings (SSSR count). The first-order valence-corrected chi connectivity index (χ1v) is 7.93. The molecule has 0 saturated heterocycles. The van der Waals surface area contributed by atoms with Crippen molar-refractivity contribution in [3.8, 4) is 0 Å². The number of aromatic nitrogens is 3. The van der Waals surface area contributed by atoms with Crippen LogP contribution in [0, 0.1) is 0 Å². The minimum atomic E-state index is -0.296. The Morgan fingerprint density at radius 2 is 1.96 bits per heavy atom. The molecular weight excluding hydrogens is 294 g/mol. The van der Waals surface area contributed by atoms with Crippen molar-refractivity contribution in [2.24, 2.45) is 0 Å². The number of nitrogens with one attached hydrogen (secondary N) is 1. The predicted molar refractivity (Wildman–Crippen MR) is 89.5 cm³/mol. The molecule has 0 aliphatic rings. The van der Waals surface area contributed by atoms with Crippen molar-refractivity contribution < 1.29 is 9.47 Å². The molecule has 1 N–H and O–H groups in total. The highest BCUT2D eigenvalue weighted by Crippen LogP contribution is 2.20. The zero-order valence-corrected chi connectivity index (χ0v) is 13.4. The quantitative estimate of drug-likeness (QED) is 0.681. The van der Waals surface area contributed by atoms with Gasteiger partial charge in [-0.3, -0.25) is 9.36 Å². The third kappa shape index (κ3) is 3.13. The SMILES string of the molecule is CCOC(CCn1cnc2c([nH]c3ccccc32)c1=O)OCC. The molecule has 0 radical (unpaired) electrons. The highest BCUT2D eigenvalue weighted by Gasteiger charge is 2.12. The van der Waals surface area contributed by atoms with Crippen LogP contribution in [0.5, 0.6) is 0 Å². The molecule has 0 fully saturated rings. The summed E-state index contributed by atoms with van der Waals surface area (Å²) in [7, 11) is 0. The van der Waals surface area contributed by atoms with Crippen LogP contribution in [-0.2, 0) is 16.0 Å². The van der Waals surface area contributed by atoms with E-state index in [9.17, 15) is 4.79 Å². The largest absolute Gasteiger partial charge is 0.353 e. The van der Waals surface area contributed by atoms with Gasteiger partial charge in [-0.25, -0.2) is 4.98 Å². The number of aromatic amines is 1. The predicted octanol–water partition coefficient (Wildman–Crippen LogP) is 2.67. The van der Waals surface area contributed by atoms with Crippen LogP contribution in [0.2, 0.25) is 0 Å². The second kappa shape index (κ2) is 6.93. The second-order valence-corrected chi connectivity index (χ2v) is 5.27. The highest BCUT2D eigenvalue weighted by molar-refractivity contribution is 6.04. The van der Waals surface area contributed by atoms with Crippen molar-refractivity contribution in [1.29, 1.82) is 0 Å². The second-order valence-electron chi connectivity index (χ2n) is 5.27. The summed E-state index contributed by atoms with van der Waals surface area (Å²) in [6, 6.07) is 7.79. The molecule has 0 unspecified atom stereocenters. The van der Waals surface area contributed by atoms with Gasteiger partial charge in [0.25, 0.3) is 5.56 Å². The van der Waals surface area contributed by atoms with Crippen LogP contribution in [0.3, 0.4) is 0 Å². The maximum Gasteiger partial charge on any atom is 0.277 e. The summed E-state index contributed by atoms with van der Waals surface area (Å²) in [5.74, 6) is 0. The lowest BCUT2D eigenvalue weighted by Gasteiger charge is -2.17. The van der Waals surface area contributed by atoms with Crippen molar-refractivity contribution >= 4 is 21.9 Å². The van der Waals surface area contributed by atoms with Crippen LogP contribution in [0.4, 0.5) is 0 Å². The van der Waals surface area contributed by atoms with E-state index in [2.05, 4.69) is 9.97 Å². The van der Waals surface area contributed by atoms with Crippen LogP contribution in [0.25, 0.3) is 21.9 Å². The maximum absolute atomic E-state index is 12.6. The number of nitrogens with zero attached hydrogens (tertiary/aromatic N) is 2. The Labute approximate surface area is 134 Å². The van der Waals surface area contributed by atoms with E-state index in [4.69, 9.17) is 9.47 Å². The Hall–Kier alpha value is -2.18. The van der Waals surface area contributed by atoms with Gasteiger partial charge in [-0.2, -0.15) is 0 Å². The van der Waals surface area contributed by atoms with Crippen molar-refractivity contribution in [2.45, 2.75) is 33.1 Å². The average molecular weight is 315 g/mol. The van der Waals surface area contributed by atoms with Crippen LogP contribution >= 0.6 is 0 Å². The molecule has 23 heavy (non-hydrogen) atoms. The molecule has 0 saturated carbocycles. The first kappa shape index (κ1) is 15.7. The number of hydrogen-bond acceptors (Lipinski definition) is 4. The lowest BCUT2D eigenvalue weighted by atomic mass is 10.2. The first-order chi connectivity index (χ1) is 11.2. The molecule has 0 bridgehead atoms. The fourth-order valence-electron chi connectivity index (χ4n) is 2.73. The summed E-state index contributed by atoms with van der Waals surface area (Å²) in [5, 5.41) is 0.966. The van der Waals surface area contributed by atoms with Gasteiger partial charge in [0, 0.05) is 37.1 Å². The molecular formula is C17H21N3O3. The van der Waals surface area contributed by atoms with Gasteiger partial charge in [-0.1, -0.05) is 18.2 Å². The van der Waals surface area contributed by atoms with Gasteiger partial charge >= 0.3 is 0 Å². The fourth-order valence-corrected chi connectivity index (χ4v) is 2.73. The number of ether oxygens (including phenoxy) is 2. The normalized spacial score (nSPS) is 11.8. The molecule has 2 heterocycles. The molecule has 0 aliphatic carbocycles. The molecule has 3 aromatic rings. The third-order valence-electron chi connectivity index (χ3n) is 3.79. The van der Waals surface area contributed by atoms with E-state index in [1.165, 1.54) is 0 Å². The van der Waals surface area contributed by atoms with E-state index in [1.807, 2.05) is 38.1 Å². The van der Waals surface area contributed by atoms with Gasteiger partial charge in [-0.15, -0.1) is 0 Å². The Morgan fingerprint density at radius 3 is 2.70 bits per heavy atom. The Balaban J connectivity index is 1.88. The fraction of sp³-hybridized carbons (Fsp3) is 0.412. The van der Waals surface area contributed by atoms with E-state index in [0.717, 1.165) is 10.9 Å². The number of benzene rings is 1. The number of fused-ring (bicyclic) bond motifs is 3. The summed E-state index contributed by atoms with van der Waals surface area (Å²) in [6.45, 7) is 5.52. The van der Waals surface area contributed by atoms with Gasteiger partial charge in [0.15, 0.2) is 6.29 Å². The lowest BCUT2D eigenvalue weighted by Crippen LogP contribution is -2.25. The van der Waals surface area contributed by atoms with Crippen molar-refractivity contribution in [1.82, 2.24) is 14.5 Å². The first-order valence-electron chi connectivity index (χ1n) is 7.93. The van der Waals surface area contributed by atoms with Crippen molar-refractivity contribution in [2.75, 3.05) is 13.2 Å². The molecule has 0 aliphatic heterocycles. The van der Waals surface area contributed by atoms with E-state index in [-0.39, 0.29) is 11.8 Å². The maximum atomic E-state index is 12.6. The summed E-state index contributed by atoms with van der Waals surface area (Å²) in [6.07, 6.45) is 1.91. The summed E-state index contributed by atoms with van der Waals surface area (Å²) >= 11 is 0. The number of hydrogen-bond donors (Lipinski definition) is 1. The molecule has 0 amide bonds. The Kier molecular flexibility index (Phi) is 4.73. The number of para-hydroxylation sites is 1. The number of rotatable bonds is 7. The van der Waals surface area contributed by atoms with Crippen LogP contribution in [0.1, 0.15) is 20.3 Å². The molecule has 6 heteroatoms.